The number of carbonyl (C=O) groups is 3. The van der Waals surface area contributed by atoms with Crippen LogP contribution in [0.25, 0.3) is 0 Å². The molecule has 5 nitrogen and oxygen atoms in total. The average molecular weight is 348 g/mol. The number of anilines is 1. The van der Waals surface area contributed by atoms with E-state index < -0.39 is 0 Å². The molecule has 0 spiro atoms. The number of imide groups is 1. The Morgan fingerprint density at radius 1 is 1.29 bits per heavy atom. The molecule has 3 amide bonds. The first-order valence-electron chi connectivity index (χ1n) is 8.13. The fraction of sp³-hybridized carbons (Fsp3) is 0.500. The summed E-state index contributed by atoms with van der Waals surface area (Å²) in [6.45, 7) is 6.07. The summed E-state index contributed by atoms with van der Waals surface area (Å²) in [5.74, 6) is 0.219. The van der Waals surface area contributed by atoms with Crippen molar-refractivity contribution in [2.24, 2.45) is 5.73 Å². The predicted octanol–water partition coefficient (Wildman–Crippen LogP) is 2.61. The van der Waals surface area contributed by atoms with E-state index in [1.165, 1.54) is 16.7 Å². The van der Waals surface area contributed by atoms with E-state index in [1.54, 1.807) is 12.1 Å². The third-order valence-corrected chi connectivity index (χ3v) is 5.48. The Labute approximate surface area is 147 Å². The molecule has 0 bridgehead atoms. The lowest BCUT2D eigenvalue weighted by Gasteiger charge is -2.25. The SMILES string of the molecule is CCSC1CC(=O)N(c2ccc(C(C)(C)CCC(N)=O)cc2)C1=O. The molecule has 24 heavy (non-hydrogen) atoms. The monoisotopic (exact) mass is 348 g/mol. The van der Waals surface area contributed by atoms with Gasteiger partial charge >= 0.3 is 0 Å². The van der Waals surface area contributed by atoms with Gasteiger partial charge in [-0.25, -0.2) is 4.90 Å². The second kappa shape index (κ2) is 7.38. The topological polar surface area (TPSA) is 80.5 Å². The van der Waals surface area contributed by atoms with Gasteiger partial charge in [-0.1, -0.05) is 32.9 Å². The molecule has 1 atom stereocenters. The maximum absolute atomic E-state index is 12.4. The van der Waals surface area contributed by atoms with Crippen molar-refractivity contribution in [1.82, 2.24) is 0 Å². The fourth-order valence-electron chi connectivity index (χ4n) is 2.85. The van der Waals surface area contributed by atoms with E-state index in [2.05, 4.69) is 0 Å². The normalized spacial score (nSPS) is 18.3. The van der Waals surface area contributed by atoms with E-state index in [0.29, 0.717) is 18.5 Å². The largest absolute Gasteiger partial charge is 0.370 e. The van der Waals surface area contributed by atoms with Crippen LogP contribution in [0.1, 0.15) is 45.6 Å². The quantitative estimate of drug-likeness (QED) is 0.768. The predicted molar refractivity (Wildman–Crippen MR) is 96.9 cm³/mol. The second-order valence-electron chi connectivity index (χ2n) is 6.61. The molecule has 1 fully saturated rings. The van der Waals surface area contributed by atoms with Crippen molar-refractivity contribution < 1.29 is 14.4 Å². The Bertz CT molecular complexity index is 640. The summed E-state index contributed by atoms with van der Waals surface area (Å²) in [5.41, 5.74) is 6.69. The fourth-order valence-corrected chi connectivity index (χ4v) is 3.76. The molecule has 130 valence electrons. The summed E-state index contributed by atoms with van der Waals surface area (Å²) in [5, 5.41) is -0.269. The van der Waals surface area contributed by atoms with Crippen molar-refractivity contribution in [3.63, 3.8) is 0 Å². The Balaban J connectivity index is 2.16. The van der Waals surface area contributed by atoms with Gasteiger partial charge in [-0.05, 0) is 35.3 Å². The van der Waals surface area contributed by atoms with Crippen LogP contribution in [0.4, 0.5) is 5.69 Å². The molecule has 0 aromatic heterocycles. The number of thioether (sulfide) groups is 1. The van der Waals surface area contributed by atoms with Crippen molar-refractivity contribution in [3.05, 3.63) is 29.8 Å². The Kier molecular flexibility index (Phi) is 5.70. The first-order valence-corrected chi connectivity index (χ1v) is 9.18. The number of benzene rings is 1. The zero-order chi connectivity index (χ0) is 17.9. The number of nitrogens with two attached hydrogens (primary N) is 1. The van der Waals surface area contributed by atoms with Gasteiger partial charge in [0.15, 0.2) is 0 Å². The van der Waals surface area contributed by atoms with Crippen LogP contribution < -0.4 is 10.6 Å². The van der Waals surface area contributed by atoms with Gasteiger partial charge in [0.2, 0.25) is 17.7 Å². The van der Waals surface area contributed by atoms with Gasteiger partial charge in [-0.15, -0.1) is 11.8 Å². The van der Waals surface area contributed by atoms with E-state index in [0.717, 1.165) is 11.3 Å². The van der Waals surface area contributed by atoms with Crippen molar-refractivity contribution in [3.8, 4) is 0 Å². The van der Waals surface area contributed by atoms with Crippen LogP contribution in [0.3, 0.4) is 0 Å². The summed E-state index contributed by atoms with van der Waals surface area (Å²) in [6, 6.07) is 7.43. The van der Waals surface area contributed by atoms with Gasteiger partial charge in [-0.3, -0.25) is 14.4 Å². The molecule has 2 N–H and O–H groups in total. The van der Waals surface area contributed by atoms with Crippen molar-refractivity contribution in [2.45, 2.75) is 50.7 Å². The van der Waals surface area contributed by atoms with Gasteiger partial charge in [0.05, 0.1) is 10.9 Å². The number of hydrogen-bond donors (Lipinski definition) is 1. The zero-order valence-electron chi connectivity index (χ0n) is 14.4. The average Bonchev–Trinajstić information content (AvgIpc) is 2.80. The number of nitrogens with zero attached hydrogens (tertiary/aromatic N) is 1. The van der Waals surface area contributed by atoms with E-state index in [4.69, 9.17) is 5.73 Å². The lowest BCUT2D eigenvalue weighted by atomic mass is 9.80. The zero-order valence-corrected chi connectivity index (χ0v) is 15.2. The minimum Gasteiger partial charge on any atom is -0.370 e. The molecule has 1 saturated heterocycles. The number of hydrogen-bond acceptors (Lipinski definition) is 4. The van der Waals surface area contributed by atoms with Crippen LogP contribution in [0, 0.1) is 0 Å². The summed E-state index contributed by atoms with van der Waals surface area (Å²) in [6.07, 6.45) is 1.25. The minimum absolute atomic E-state index is 0.132. The van der Waals surface area contributed by atoms with Crippen LogP contribution in [0.2, 0.25) is 0 Å². The summed E-state index contributed by atoms with van der Waals surface area (Å²) in [4.78, 5) is 36.9. The van der Waals surface area contributed by atoms with Crippen LogP contribution >= 0.6 is 11.8 Å². The maximum atomic E-state index is 12.4. The molecule has 2 rings (SSSR count). The summed E-state index contributed by atoms with van der Waals surface area (Å²) in [7, 11) is 0. The van der Waals surface area contributed by atoms with E-state index >= 15 is 0 Å². The first kappa shape index (κ1) is 18.5. The molecule has 0 radical (unpaired) electrons. The Hall–Kier alpha value is -1.82. The van der Waals surface area contributed by atoms with E-state index in [1.807, 2.05) is 32.9 Å². The third-order valence-electron chi connectivity index (χ3n) is 4.38. The molecule has 1 aromatic rings. The lowest BCUT2D eigenvalue weighted by Crippen LogP contribution is -2.31. The standard InChI is InChI=1S/C18H24N2O3S/c1-4-24-14-11-16(22)20(17(14)23)13-7-5-12(6-8-13)18(2,3)10-9-15(19)21/h5-8,14H,4,9-11H2,1-3H3,(H2,19,21). The van der Waals surface area contributed by atoms with Gasteiger partial charge in [0.1, 0.15) is 0 Å². The number of carbonyl (C=O) groups excluding carboxylic acids is 3. The summed E-state index contributed by atoms with van der Waals surface area (Å²) >= 11 is 1.51. The molecule has 0 aliphatic carbocycles. The molecule has 1 aromatic carbocycles. The molecule has 1 aliphatic heterocycles. The van der Waals surface area contributed by atoms with Crippen molar-refractivity contribution in [2.75, 3.05) is 10.7 Å². The second-order valence-corrected chi connectivity index (χ2v) is 8.09. The Morgan fingerprint density at radius 3 is 2.46 bits per heavy atom. The molecule has 0 saturated carbocycles. The first-order chi connectivity index (χ1) is 11.3. The van der Waals surface area contributed by atoms with Crippen LogP contribution in [0.5, 0.6) is 0 Å². The molecule has 1 aliphatic rings. The number of rotatable bonds is 7. The maximum Gasteiger partial charge on any atom is 0.247 e. The lowest BCUT2D eigenvalue weighted by molar-refractivity contribution is -0.121. The summed E-state index contributed by atoms with van der Waals surface area (Å²) < 4.78 is 0. The molecule has 1 heterocycles. The number of amides is 3. The van der Waals surface area contributed by atoms with Crippen molar-refractivity contribution in [1.29, 1.82) is 0 Å². The molecular formula is C18H24N2O3S. The van der Waals surface area contributed by atoms with Crippen molar-refractivity contribution >= 4 is 35.2 Å². The van der Waals surface area contributed by atoms with Gasteiger partial charge < -0.3 is 5.73 Å². The van der Waals surface area contributed by atoms with Gasteiger partial charge in [-0.2, -0.15) is 0 Å². The van der Waals surface area contributed by atoms with Crippen LogP contribution in [-0.4, -0.2) is 28.7 Å². The van der Waals surface area contributed by atoms with E-state index in [-0.39, 0.29) is 34.8 Å². The van der Waals surface area contributed by atoms with Crippen LogP contribution in [-0.2, 0) is 19.8 Å². The highest BCUT2D eigenvalue weighted by Crippen LogP contribution is 2.33. The molecular weight excluding hydrogens is 324 g/mol. The smallest absolute Gasteiger partial charge is 0.247 e. The third kappa shape index (κ3) is 3.98. The van der Waals surface area contributed by atoms with Gasteiger partial charge in [0, 0.05) is 12.8 Å². The van der Waals surface area contributed by atoms with E-state index in [9.17, 15) is 14.4 Å². The Morgan fingerprint density at radius 2 is 1.92 bits per heavy atom. The van der Waals surface area contributed by atoms with Crippen LogP contribution in [0.15, 0.2) is 24.3 Å². The highest BCUT2D eigenvalue weighted by Gasteiger charge is 2.39. The highest BCUT2D eigenvalue weighted by molar-refractivity contribution is 8.00. The minimum atomic E-state index is -0.313. The highest BCUT2D eigenvalue weighted by atomic mass is 32.2. The molecule has 1 unspecified atom stereocenters. The number of primary amides is 1. The van der Waals surface area contributed by atoms with Gasteiger partial charge in [0.25, 0.3) is 0 Å². The molecule has 6 heteroatoms.